The van der Waals surface area contributed by atoms with Gasteiger partial charge in [0.1, 0.15) is 11.5 Å². The van der Waals surface area contributed by atoms with E-state index in [9.17, 15) is 9.18 Å². The third-order valence-corrected chi connectivity index (χ3v) is 3.11. The highest BCUT2D eigenvalue weighted by atomic mass is 35.5. The zero-order chi connectivity index (χ0) is 12.3. The third-order valence-electron chi connectivity index (χ3n) is 3.11. The Hall–Kier alpha value is -1.20. The fourth-order valence-electron chi connectivity index (χ4n) is 2.16. The van der Waals surface area contributed by atoms with Gasteiger partial charge < -0.3 is 10.6 Å². The zero-order valence-electron chi connectivity index (χ0n) is 10.0. The Balaban J connectivity index is 0.00000162. The average molecular weight is 274 g/mol. The van der Waals surface area contributed by atoms with E-state index < -0.39 is 5.82 Å². The van der Waals surface area contributed by atoms with Crippen molar-refractivity contribution in [1.29, 1.82) is 0 Å². The number of nitrogens with two attached hydrogens (primary N) is 1. The van der Waals surface area contributed by atoms with E-state index in [1.165, 1.54) is 12.1 Å². The Kier molecular flexibility index (Phi) is 5.50. The molecular formula is C12H17ClFN3O. The molecule has 0 aliphatic carbocycles. The number of hydrogen-bond donors (Lipinski definition) is 1. The van der Waals surface area contributed by atoms with Gasteiger partial charge in [0.25, 0.3) is 5.91 Å². The second kappa shape index (κ2) is 6.66. The summed E-state index contributed by atoms with van der Waals surface area (Å²) in [5.41, 5.74) is 5.94. The predicted octanol–water partition coefficient (Wildman–Crippen LogP) is 1.60. The molecule has 0 radical (unpaired) electrons. The highest BCUT2D eigenvalue weighted by molar-refractivity contribution is 5.92. The van der Waals surface area contributed by atoms with Crippen LogP contribution in [0.25, 0.3) is 0 Å². The van der Waals surface area contributed by atoms with Gasteiger partial charge in [0.05, 0.1) is 6.20 Å². The van der Waals surface area contributed by atoms with Gasteiger partial charge in [0, 0.05) is 19.1 Å². The summed E-state index contributed by atoms with van der Waals surface area (Å²) in [5, 5.41) is 0. The Morgan fingerprint density at radius 2 is 2.28 bits per heavy atom. The predicted molar refractivity (Wildman–Crippen MR) is 69.2 cm³/mol. The van der Waals surface area contributed by atoms with Gasteiger partial charge >= 0.3 is 0 Å². The summed E-state index contributed by atoms with van der Waals surface area (Å²) in [6, 6.07) is 2.75. The normalized spacial score (nSPS) is 19.2. The van der Waals surface area contributed by atoms with Crippen LogP contribution in [0.1, 0.15) is 29.8 Å². The highest BCUT2D eigenvalue weighted by Gasteiger charge is 2.26. The van der Waals surface area contributed by atoms with Crippen LogP contribution in [0.15, 0.2) is 18.3 Å². The lowest BCUT2D eigenvalue weighted by atomic mass is 10.0. The standard InChI is InChI=1S/C12H16FN3O.ClH/c13-9-4-5-11(15-8-9)12(17)16-6-2-1-3-10(16)7-14;/h4-5,8,10H,1-3,6-7,14H2;1H. The maximum absolute atomic E-state index is 12.7. The number of carbonyl (C=O) groups is 1. The van der Waals surface area contributed by atoms with Crippen molar-refractivity contribution in [3.05, 3.63) is 29.8 Å². The number of rotatable bonds is 2. The SMILES string of the molecule is Cl.NCC1CCCCN1C(=O)c1ccc(F)cn1. The van der Waals surface area contributed by atoms with E-state index in [2.05, 4.69) is 4.98 Å². The van der Waals surface area contributed by atoms with Crippen molar-refractivity contribution in [2.45, 2.75) is 25.3 Å². The Bertz CT molecular complexity index is 399. The molecule has 1 aliphatic heterocycles. The van der Waals surface area contributed by atoms with E-state index in [1.54, 1.807) is 4.90 Å². The molecule has 18 heavy (non-hydrogen) atoms. The first-order valence-electron chi connectivity index (χ1n) is 5.85. The lowest BCUT2D eigenvalue weighted by molar-refractivity contribution is 0.0617. The number of nitrogens with zero attached hydrogens (tertiary/aromatic N) is 2. The van der Waals surface area contributed by atoms with Crippen molar-refractivity contribution in [2.75, 3.05) is 13.1 Å². The molecule has 2 N–H and O–H groups in total. The molecule has 6 heteroatoms. The van der Waals surface area contributed by atoms with Gasteiger partial charge in [-0.25, -0.2) is 9.37 Å². The molecule has 0 saturated carbocycles. The van der Waals surface area contributed by atoms with E-state index in [4.69, 9.17) is 5.73 Å². The van der Waals surface area contributed by atoms with E-state index in [0.717, 1.165) is 25.5 Å². The summed E-state index contributed by atoms with van der Waals surface area (Å²) in [7, 11) is 0. The number of aromatic nitrogens is 1. The summed E-state index contributed by atoms with van der Waals surface area (Å²) >= 11 is 0. The minimum atomic E-state index is -0.435. The van der Waals surface area contributed by atoms with Crippen LogP contribution in [0.3, 0.4) is 0 Å². The number of pyridine rings is 1. The number of hydrogen-bond acceptors (Lipinski definition) is 3. The van der Waals surface area contributed by atoms with Crippen LogP contribution < -0.4 is 5.73 Å². The van der Waals surface area contributed by atoms with Gasteiger partial charge in [-0.15, -0.1) is 12.4 Å². The van der Waals surface area contributed by atoms with Crippen LogP contribution in [-0.2, 0) is 0 Å². The summed E-state index contributed by atoms with van der Waals surface area (Å²) in [4.78, 5) is 17.7. The van der Waals surface area contributed by atoms with E-state index in [0.29, 0.717) is 13.1 Å². The van der Waals surface area contributed by atoms with Crippen molar-refractivity contribution in [3.63, 3.8) is 0 Å². The Labute approximate surface area is 112 Å². The van der Waals surface area contributed by atoms with Crippen LogP contribution in [0.4, 0.5) is 4.39 Å². The minimum Gasteiger partial charge on any atom is -0.333 e. The molecule has 2 rings (SSSR count). The van der Waals surface area contributed by atoms with Gasteiger partial charge in [0.2, 0.25) is 0 Å². The van der Waals surface area contributed by atoms with Crippen molar-refractivity contribution >= 4 is 18.3 Å². The van der Waals surface area contributed by atoms with Crippen LogP contribution in [0, 0.1) is 5.82 Å². The molecule has 0 bridgehead atoms. The molecule has 1 unspecified atom stereocenters. The molecule has 1 amide bonds. The molecule has 0 spiro atoms. The Morgan fingerprint density at radius 1 is 1.50 bits per heavy atom. The summed E-state index contributed by atoms with van der Waals surface area (Å²) in [6.45, 7) is 1.17. The third kappa shape index (κ3) is 3.17. The number of piperidine rings is 1. The molecule has 100 valence electrons. The van der Waals surface area contributed by atoms with Crippen molar-refractivity contribution in [2.24, 2.45) is 5.73 Å². The number of amides is 1. The summed E-state index contributed by atoms with van der Waals surface area (Å²) < 4.78 is 12.7. The van der Waals surface area contributed by atoms with Crippen molar-refractivity contribution in [3.8, 4) is 0 Å². The fraction of sp³-hybridized carbons (Fsp3) is 0.500. The van der Waals surface area contributed by atoms with E-state index >= 15 is 0 Å². The molecule has 1 atom stereocenters. The molecule has 4 nitrogen and oxygen atoms in total. The largest absolute Gasteiger partial charge is 0.333 e. The van der Waals surface area contributed by atoms with Crippen molar-refractivity contribution in [1.82, 2.24) is 9.88 Å². The molecule has 1 aliphatic rings. The maximum Gasteiger partial charge on any atom is 0.272 e. The smallest absolute Gasteiger partial charge is 0.272 e. The van der Waals surface area contributed by atoms with E-state index in [-0.39, 0.29) is 30.0 Å². The second-order valence-electron chi connectivity index (χ2n) is 4.25. The topological polar surface area (TPSA) is 59.2 Å². The van der Waals surface area contributed by atoms with Gasteiger partial charge in [-0.3, -0.25) is 4.79 Å². The summed E-state index contributed by atoms with van der Waals surface area (Å²) in [5.74, 6) is -0.587. The molecule has 1 aromatic heterocycles. The first-order valence-corrected chi connectivity index (χ1v) is 5.85. The molecule has 2 heterocycles. The molecule has 1 aromatic rings. The molecular weight excluding hydrogens is 257 g/mol. The highest BCUT2D eigenvalue weighted by Crippen LogP contribution is 2.18. The van der Waals surface area contributed by atoms with Gasteiger partial charge in [0.15, 0.2) is 0 Å². The second-order valence-corrected chi connectivity index (χ2v) is 4.25. The van der Waals surface area contributed by atoms with Crippen LogP contribution in [0.5, 0.6) is 0 Å². The molecule has 1 fully saturated rings. The average Bonchev–Trinajstić information content (AvgIpc) is 2.39. The van der Waals surface area contributed by atoms with Gasteiger partial charge in [-0.1, -0.05) is 0 Å². The van der Waals surface area contributed by atoms with Crippen molar-refractivity contribution < 1.29 is 9.18 Å². The molecule has 1 saturated heterocycles. The number of likely N-dealkylation sites (tertiary alicyclic amines) is 1. The minimum absolute atomic E-state index is 0. The lowest BCUT2D eigenvalue weighted by Crippen LogP contribution is -2.47. The van der Waals surface area contributed by atoms with Crippen LogP contribution in [-0.4, -0.2) is 34.9 Å². The number of carbonyl (C=O) groups excluding carboxylic acids is 1. The Morgan fingerprint density at radius 3 is 2.89 bits per heavy atom. The monoisotopic (exact) mass is 273 g/mol. The number of halogens is 2. The summed E-state index contributed by atoms with van der Waals surface area (Å²) in [6.07, 6.45) is 4.09. The lowest BCUT2D eigenvalue weighted by Gasteiger charge is -2.34. The quantitative estimate of drug-likeness (QED) is 0.890. The van der Waals surface area contributed by atoms with Gasteiger partial charge in [-0.05, 0) is 31.4 Å². The zero-order valence-corrected chi connectivity index (χ0v) is 10.8. The van der Waals surface area contributed by atoms with Crippen LogP contribution in [0.2, 0.25) is 0 Å². The van der Waals surface area contributed by atoms with Gasteiger partial charge in [-0.2, -0.15) is 0 Å². The first kappa shape index (κ1) is 14.9. The molecule has 0 aromatic carbocycles. The first-order chi connectivity index (χ1) is 8.22. The van der Waals surface area contributed by atoms with E-state index in [1.807, 2.05) is 0 Å². The fourth-order valence-corrected chi connectivity index (χ4v) is 2.16. The maximum atomic E-state index is 12.7. The van der Waals surface area contributed by atoms with Crippen LogP contribution >= 0.6 is 12.4 Å².